The molecule has 1 aromatic carbocycles. The Morgan fingerprint density at radius 2 is 1.81 bits per heavy atom. The molecule has 1 saturated carbocycles. The van der Waals surface area contributed by atoms with Crippen molar-refractivity contribution in [3.05, 3.63) is 57.5 Å². The van der Waals surface area contributed by atoms with E-state index in [-0.39, 0.29) is 36.4 Å². The SMILES string of the molecule is Cc1nc(C2=C(N)CN(C(=O)c3ccc(F)cc3OC3CCC(F)CC3)C2)nc(C)c1Cl. The lowest BCUT2D eigenvalue weighted by Crippen LogP contribution is -2.31. The maximum atomic E-state index is 13.9. The highest BCUT2D eigenvalue weighted by Gasteiger charge is 2.31. The molecule has 0 atom stereocenters. The van der Waals surface area contributed by atoms with Crippen molar-refractivity contribution in [2.75, 3.05) is 13.1 Å². The Bertz CT molecular complexity index is 1060. The number of aromatic nitrogens is 2. The number of benzene rings is 1. The molecule has 2 aliphatic rings. The molecule has 1 amide bonds. The summed E-state index contributed by atoms with van der Waals surface area (Å²) in [4.78, 5) is 23.7. The van der Waals surface area contributed by atoms with E-state index in [9.17, 15) is 13.6 Å². The van der Waals surface area contributed by atoms with Crippen molar-refractivity contribution in [3.63, 3.8) is 0 Å². The van der Waals surface area contributed by atoms with Gasteiger partial charge >= 0.3 is 0 Å². The van der Waals surface area contributed by atoms with Gasteiger partial charge in [-0.1, -0.05) is 11.6 Å². The lowest BCUT2D eigenvalue weighted by atomic mass is 9.96. The number of aryl methyl sites for hydroxylation is 2. The Hall–Kier alpha value is -2.74. The first-order valence-electron chi connectivity index (χ1n) is 10.6. The first-order chi connectivity index (χ1) is 15.2. The summed E-state index contributed by atoms with van der Waals surface area (Å²) in [5.41, 5.74) is 8.89. The van der Waals surface area contributed by atoms with Gasteiger partial charge in [-0.25, -0.2) is 18.7 Å². The van der Waals surface area contributed by atoms with Gasteiger partial charge in [0.1, 0.15) is 17.7 Å². The normalized spacial score (nSPS) is 21.2. The Morgan fingerprint density at radius 3 is 2.47 bits per heavy atom. The molecule has 2 aromatic rings. The van der Waals surface area contributed by atoms with Crippen LogP contribution in [0.5, 0.6) is 5.75 Å². The molecule has 0 bridgehead atoms. The number of rotatable bonds is 4. The van der Waals surface area contributed by atoms with Crippen molar-refractivity contribution in [2.24, 2.45) is 5.73 Å². The average Bonchev–Trinajstić information content (AvgIpc) is 3.14. The third kappa shape index (κ3) is 4.55. The molecular weight excluding hydrogens is 438 g/mol. The van der Waals surface area contributed by atoms with Crippen LogP contribution < -0.4 is 10.5 Å². The van der Waals surface area contributed by atoms with E-state index in [1.54, 1.807) is 18.7 Å². The third-order valence-corrected chi connectivity index (χ3v) is 6.46. The molecular formula is C23H25ClF2N4O2. The van der Waals surface area contributed by atoms with Gasteiger partial charge in [0.25, 0.3) is 5.91 Å². The summed E-state index contributed by atoms with van der Waals surface area (Å²) in [6.45, 7) is 3.98. The van der Waals surface area contributed by atoms with Crippen LogP contribution in [0.2, 0.25) is 5.02 Å². The Balaban J connectivity index is 1.54. The van der Waals surface area contributed by atoms with Crippen LogP contribution in [0, 0.1) is 19.7 Å². The quantitative estimate of drug-likeness (QED) is 0.729. The highest BCUT2D eigenvalue weighted by molar-refractivity contribution is 6.31. The fourth-order valence-corrected chi connectivity index (χ4v) is 4.19. The van der Waals surface area contributed by atoms with Gasteiger partial charge in [-0.15, -0.1) is 0 Å². The van der Waals surface area contributed by atoms with Crippen LogP contribution in [0.25, 0.3) is 5.57 Å². The molecule has 170 valence electrons. The summed E-state index contributed by atoms with van der Waals surface area (Å²) in [7, 11) is 0. The molecule has 1 aliphatic heterocycles. The summed E-state index contributed by atoms with van der Waals surface area (Å²) in [6, 6.07) is 3.84. The minimum atomic E-state index is -0.831. The molecule has 6 nitrogen and oxygen atoms in total. The minimum absolute atomic E-state index is 0.166. The van der Waals surface area contributed by atoms with Gasteiger partial charge in [0.2, 0.25) is 0 Å². The van der Waals surface area contributed by atoms with E-state index in [0.29, 0.717) is 59.2 Å². The zero-order valence-corrected chi connectivity index (χ0v) is 18.8. The fraction of sp³-hybridized carbons (Fsp3) is 0.435. The van der Waals surface area contributed by atoms with E-state index in [4.69, 9.17) is 22.1 Å². The van der Waals surface area contributed by atoms with E-state index in [0.717, 1.165) is 0 Å². The van der Waals surface area contributed by atoms with Crippen LogP contribution in [0.3, 0.4) is 0 Å². The predicted molar refractivity (Wildman–Crippen MR) is 118 cm³/mol. The highest BCUT2D eigenvalue weighted by atomic mass is 35.5. The molecule has 1 fully saturated rings. The van der Waals surface area contributed by atoms with Crippen LogP contribution in [0.4, 0.5) is 8.78 Å². The first kappa shape index (κ1) is 22.5. The Morgan fingerprint density at radius 1 is 1.16 bits per heavy atom. The second-order valence-electron chi connectivity index (χ2n) is 8.33. The van der Waals surface area contributed by atoms with Crippen LogP contribution >= 0.6 is 11.6 Å². The summed E-state index contributed by atoms with van der Waals surface area (Å²) in [6.07, 6.45) is 0.780. The number of alkyl halides is 1. The zero-order chi connectivity index (χ0) is 23.0. The Kier molecular flexibility index (Phi) is 6.33. The average molecular weight is 463 g/mol. The van der Waals surface area contributed by atoms with E-state index in [1.807, 2.05) is 0 Å². The number of hydrogen-bond donors (Lipinski definition) is 1. The van der Waals surface area contributed by atoms with Crippen LogP contribution in [-0.4, -0.2) is 46.1 Å². The lowest BCUT2D eigenvalue weighted by molar-refractivity contribution is 0.0779. The first-order valence-corrected chi connectivity index (χ1v) is 11.0. The maximum Gasteiger partial charge on any atom is 0.258 e. The second kappa shape index (κ2) is 9.02. The number of ether oxygens (including phenoxy) is 1. The highest BCUT2D eigenvalue weighted by Crippen LogP contribution is 2.31. The number of nitrogens with zero attached hydrogens (tertiary/aromatic N) is 3. The molecule has 1 aliphatic carbocycles. The maximum absolute atomic E-state index is 13.9. The van der Waals surface area contributed by atoms with Gasteiger partial charge in [-0.3, -0.25) is 4.79 Å². The van der Waals surface area contributed by atoms with Crippen molar-refractivity contribution < 1.29 is 18.3 Å². The predicted octanol–water partition coefficient (Wildman–Crippen LogP) is 4.37. The monoisotopic (exact) mass is 462 g/mol. The van der Waals surface area contributed by atoms with Crippen molar-refractivity contribution in [1.29, 1.82) is 0 Å². The molecule has 0 saturated heterocycles. The van der Waals surface area contributed by atoms with Crippen molar-refractivity contribution in [1.82, 2.24) is 14.9 Å². The van der Waals surface area contributed by atoms with Gasteiger partial charge < -0.3 is 15.4 Å². The van der Waals surface area contributed by atoms with Gasteiger partial charge in [0.15, 0.2) is 5.82 Å². The molecule has 2 heterocycles. The van der Waals surface area contributed by atoms with Gasteiger partial charge in [-0.05, 0) is 51.7 Å². The van der Waals surface area contributed by atoms with Gasteiger partial charge in [-0.2, -0.15) is 0 Å². The van der Waals surface area contributed by atoms with Gasteiger partial charge in [0.05, 0.1) is 41.2 Å². The minimum Gasteiger partial charge on any atom is -0.489 e. The standard InChI is InChI=1S/C23H25ClF2N4O2/c1-12-21(24)13(2)29-22(28-12)18-10-30(11-19(18)27)23(31)17-8-5-15(26)9-20(17)32-16-6-3-14(25)4-7-16/h5,8-9,14,16H,3-4,6-7,10-11,27H2,1-2H3. The molecule has 0 unspecified atom stereocenters. The number of amides is 1. The number of hydrogen-bond acceptors (Lipinski definition) is 5. The summed E-state index contributed by atoms with van der Waals surface area (Å²) < 4.78 is 33.3. The topological polar surface area (TPSA) is 81.3 Å². The molecule has 0 radical (unpaired) electrons. The summed E-state index contributed by atoms with van der Waals surface area (Å²) in [5, 5.41) is 0.494. The summed E-state index contributed by atoms with van der Waals surface area (Å²) >= 11 is 6.17. The molecule has 32 heavy (non-hydrogen) atoms. The fourth-order valence-electron chi connectivity index (χ4n) is 4.11. The largest absolute Gasteiger partial charge is 0.489 e. The van der Waals surface area contributed by atoms with Crippen molar-refractivity contribution in [3.8, 4) is 5.75 Å². The van der Waals surface area contributed by atoms with Gasteiger partial charge in [0, 0.05) is 17.3 Å². The molecule has 4 rings (SSSR count). The van der Waals surface area contributed by atoms with Crippen LogP contribution in [0.1, 0.15) is 53.3 Å². The smallest absolute Gasteiger partial charge is 0.258 e. The van der Waals surface area contributed by atoms with E-state index in [2.05, 4.69) is 9.97 Å². The van der Waals surface area contributed by atoms with Crippen LogP contribution in [-0.2, 0) is 0 Å². The second-order valence-corrected chi connectivity index (χ2v) is 8.71. The van der Waals surface area contributed by atoms with E-state index >= 15 is 0 Å². The Labute approximate surface area is 190 Å². The number of halogens is 3. The zero-order valence-electron chi connectivity index (χ0n) is 18.0. The van der Waals surface area contributed by atoms with Crippen molar-refractivity contribution >= 4 is 23.1 Å². The number of carbonyl (C=O) groups is 1. The molecule has 0 spiro atoms. The number of nitrogens with two attached hydrogens (primary N) is 1. The lowest BCUT2D eigenvalue weighted by Gasteiger charge is -2.26. The van der Waals surface area contributed by atoms with Crippen molar-refractivity contribution in [2.45, 2.75) is 51.8 Å². The van der Waals surface area contributed by atoms with E-state index < -0.39 is 12.0 Å². The third-order valence-electron chi connectivity index (χ3n) is 5.91. The summed E-state index contributed by atoms with van der Waals surface area (Å²) in [5.74, 6) is -0.231. The molecule has 1 aromatic heterocycles. The molecule has 2 N–H and O–H groups in total. The number of carbonyl (C=O) groups excluding carboxylic acids is 1. The van der Waals surface area contributed by atoms with Crippen LogP contribution in [0.15, 0.2) is 23.9 Å². The molecule has 9 heteroatoms. The van der Waals surface area contributed by atoms with E-state index in [1.165, 1.54) is 18.2 Å².